The third-order valence-electron chi connectivity index (χ3n) is 10.3. The summed E-state index contributed by atoms with van der Waals surface area (Å²) in [7, 11) is -1.43. The molecule has 0 aromatic heterocycles. The van der Waals surface area contributed by atoms with Gasteiger partial charge in [0, 0.05) is 12.0 Å². The molecule has 0 radical (unpaired) electrons. The fourth-order valence-corrected chi connectivity index (χ4v) is 11.7. The number of rotatable bonds is 6. The minimum absolute atomic E-state index is 0.277. The number of hydrogen-bond donors (Lipinski definition) is 0. The summed E-state index contributed by atoms with van der Waals surface area (Å²) in [5.74, 6) is 3.67. The summed E-state index contributed by atoms with van der Waals surface area (Å²) < 4.78 is 13.5. The Labute approximate surface area is 212 Å². The fourth-order valence-electron chi connectivity index (χ4n) is 9.33. The van der Waals surface area contributed by atoms with Crippen LogP contribution in [0.15, 0.2) is 5.16 Å². The number of fused-ring (bicyclic) bond motifs is 5. The van der Waals surface area contributed by atoms with Crippen LogP contribution in [0.4, 0.5) is 0 Å². The summed E-state index contributed by atoms with van der Waals surface area (Å²) in [5.41, 5.74) is 1.92. The van der Waals surface area contributed by atoms with Crippen LogP contribution in [0.25, 0.3) is 0 Å². The van der Waals surface area contributed by atoms with Crippen molar-refractivity contribution >= 4 is 22.3 Å². The second kappa shape index (κ2) is 9.29. The van der Waals surface area contributed by atoms with E-state index >= 15 is 0 Å². The molecule has 4 aliphatic rings. The lowest BCUT2D eigenvalue weighted by Crippen LogP contribution is -2.55. The Bertz CT molecular complexity index is 775. The Morgan fingerprint density at radius 3 is 2.06 bits per heavy atom. The Morgan fingerprint density at radius 2 is 1.44 bits per heavy atom. The molecular formula is C28H53NO3Si2. The smallest absolute Gasteiger partial charge is 0.184 e. The van der Waals surface area contributed by atoms with E-state index in [0.717, 1.165) is 29.4 Å². The molecule has 0 bridgehead atoms. The maximum absolute atomic E-state index is 6.90. The third-order valence-corrected chi connectivity index (χ3v) is 12.4. The van der Waals surface area contributed by atoms with Gasteiger partial charge in [0.25, 0.3) is 0 Å². The van der Waals surface area contributed by atoms with E-state index in [2.05, 4.69) is 65.2 Å². The Hall–Kier alpha value is -0.176. The van der Waals surface area contributed by atoms with Gasteiger partial charge < -0.3 is 13.7 Å². The van der Waals surface area contributed by atoms with Crippen molar-refractivity contribution in [2.75, 3.05) is 7.11 Å². The molecule has 6 unspecified atom stereocenters. The lowest BCUT2D eigenvalue weighted by atomic mass is 9.44. The third kappa shape index (κ3) is 4.99. The van der Waals surface area contributed by atoms with Crippen LogP contribution in [-0.4, -0.2) is 41.7 Å². The first-order valence-electron chi connectivity index (χ1n) is 14.1. The van der Waals surface area contributed by atoms with Crippen LogP contribution in [0.5, 0.6) is 0 Å². The van der Waals surface area contributed by atoms with Crippen molar-refractivity contribution in [3.63, 3.8) is 0 Å². The molecule has 0 aliphatic heterocycles. The van der Waals surface area contributed by atoms with E-state index in [-0.39, 0.29) is 5.41 Å². The molecule has 0 heterocycles. The highest BCUT2D eigenvalue weighted by atomic mass is 28.4. The van der Waals surface area contributed by atoms with E-state index in [9.17, 15) is 0 Å². The highest BCUT2D eigenvalue weighted by Crippen LogP contribution is 2.68. The zero-order chi connectivity index (χ0) is 25.1. The van der Waals surface area contributed by atoms with Crippen LogP contribution >= 0.6 is 0 Å². The van der Waals surface area contributed by atoms with E-state index < -0.39 is 16.6 Å². The van der Waals surface area contributed by atoms with Crippen molar-refractivity contribution in [2.24, 2.45) is 45.6 Å². The lowest BCUT2D eigenvalue weighted by Gasteiger charge is -2.61. The van der Waals surface area contributed by atoms with E-state index in [1.165, 1.54) is 51.4 Å². The number of hydrogen-bond acceptors (Lipinski definition) is 4. The maximum Gasteiger partial charge on any atom is 0.184 e. The first-order valence-corrected chi connectivity index (χ1v) is 20.9. The molecule has 4 saturated carbocycles. The number of oxime groups is 1. The minimum atomic E-state index is -1.65. The summed E-state index contributed by atoms with van der Waals surface area (Å²) in [6.45, 7) is 21.5. The van der Waals surface area contributed by atoms with Gasteiger partial charge in [-0.15, -0.1) is 0 Å². The normalized spacial score (nSPS) is 45.4. The van der Waals surface area contributed by atoms with E-state index in [1.54, 1.807) is 7.11 Å². The molecule has 0 spiro atoms. The largest absolute Gasteiger partial charge is 0.415 e. The van der Waals surface area contributed by atoms with Gasteiger partial charge in [-0.3, -0.25) is 0 Å². The van der Waals surface area contributed by atoms with Crippen molar-refractivity contribution in [3.05, 3.63) is 0 Å². The van der Waals surface area contributed by atoms with Gasteiger partial charge in [-0.05, 0) is 132 Å². The predicted molar refractivity (Wildman–Crippen MR) is 147 cm³/mol. The van der Waals surface area contributed by atoms with E-state index in [1.807, 2.05) is 0 Å². The van der Waals surface area contributed by atoms with E-state index in [4.69, 9.17) is 13.7 Å². The lowest BCUT2D eigenvalue weighted by molar-refractivity contribution is -0.121. The highest BCUT2D eigenvalue weighted by Gasteiger charge is 2.63. The molecular weight excluding hydrogens is 454 g/mol. The van der Waals surface area contributed by atoms with Crippen molar-refractivity contribution in [2.45, 2.75) is 124 Å². The molecule has 196 valence electrons. The highest BCUT2D eigenvalue weighted by molar-refractivity contribution is 6.70. The van der Waals surface area contributed by atoms with Gasteiger partial charge in [0.2, 0.25) is 0 Å². The molecule has 0 aromatic carbocycles. The second-order valence-electron chi connectivity index (χ2n) is 14.7. The number of nitrogens with zero attached hydrogens (tertiary/aromatic N) is 1. The summed E-state index contributed by atoms with van der Waals surface area (Å²) >= 11 is 0. The fraction of sp³-hybridized carbons (Fsp3) is 0.964. The van der Waals surface area contributed by atoms with Crippen LogP contribution < -0.4 is 0 Å². The van der Waals surface area contributed by atoms with Gasteiger partial charge >= 0.3 is 0 Å². The Balaban J connectivity index is 1.58. The summed E-state index contributed by atoms with van der Waals surface area (Å²) in [6.07, 6.45) is 11.4. The monoisotopic (exact) mass is 507 g/mol. The van der Waals surface area contributed by atoms with Gasteiger partial charge in [-0.2, -0.15) is 0 Å². The van der Waals surface area contributed by atoms with Crippen LogP contribution in [0.1, 0.15) is 72.1 Å². The summed E-state index contributed by atoms with van der Waals surface area (Å²) in [5, 5.41) is 4.49. The minimum Gasteiger partial charge on any atom is -0.415 e. The summed E-state index contributed by atoms with van der Waals surface area (Å²) in [6, 6.07) is 0. The van der Waals surface area contributed by atoms with Gasteiger partial charge in [0.1, 0.15) is 7.11 Å². The second-order valence-corrected chi connectivity index (χ2v) is 23.6. The molecule has 9 atom stereocenters. The standard InChI is InChI=1S/C28H53NO3Si2/c1-19(29-30-4)26-25(32-34(8,9)10)18-24-22-12-11-20-17-21(31-33(5,6)7)13-15-27(20,2)23(22)14-16-28(24,26)3/h20-26H,11-18H2,1-10H3/t20-,21-,22?,23?,24?,25-,26?,27?,28?/m1/s1. The average molecular weight is 508 g/mol. The molecule has 4 aliphatic carbocycles. The van der Waals surface area contributed by atoms with Gasteiger partial charge in [0.15, 0.2) is 16.6 Å². The molecule has 0 aromatic rings. The van der Waals surface area contributed by atoms with Gasteiger partial charge in [-0.25, -0.2) is 0 Å². The van der Waals surface area contributed by atoms with Gasteiger partial charge in [0.05, 0.1) is 11.8 Å². The first-order chi connectivity index (χ1) is 15.7. The topological polar surface area (TPSA) is 40.0 Å². The van der Waals surface area contributed by atoms with Gasteiger partial charge in [-0.1, -0.05) is 19.0 Å². The summed E-state index contributed by atoms with van der Waals surface area (Å²) in [4.78, 5) is 5.29. The molecule has 4 nitrogen and oxygen atoms in total. The molecule has 6 heteroatoms. The zero-order valence-electron chi connectivity index (χ0n) is 23.9. The van der Waals surface area contributed by atoms with E-state index in [0.29, 0.717) is 23.5 Å². The molecule has 0 saturated heterocycles. The van der Waals surface area contributed by atoms with Crippen molar-refractivity contribution in [1.29, 1.82) is 0 Å². The SMILES string of the molecule is CON=C(C)C1[C@H](O[Si](C)(C)C)CC2C3CC[C@@H]4C[C@H](O[Si](C)(C)C)CCC4(C)C3CCC21C. The quantitative estimate of drug-likeness (QED) is 0.210. The van der Waals surface area contributed by atoms with Crippen LogP contribution in [0.3, 0.4) is 0 Å². The maximum atomic E-state index is 6.90. The van der Waals surface area contributed by atoms with Crippen LogP contribution in [0.2, 0.25) is 39.3 Å². The van der Waals surface area contributed by atoms with Crippen LogP contribution in [0, 0.1) is 40.4 Å². The molecule has 4 fully saturated rings. The zero-order valence-corrected chi connectivity index (χ0v) is 25.9. The predicted octanol–water partition coefficient (Wildman–Crippen LogP) is 7.72. The van der Waals surface area contributed by atoms with Crippen molar-refractivity contribution in [3.8, 4) is 0 Å². The Kier molecular flexibility index (Phi) is 7.34. The first kappa shape index (κ1) is 26.9. The molecule has 4 rings (SSSR count). The molecule has 0 amide bonds. The average Bonchev–Trinajstić information content (AvgIpc) is 2.97. The molecule has 0 N–H and O–H groups in total. The van der Waals surface area contributed by atoms with Crippen molar-refractivity contribution in [1.82, 2.24) is 0 Å². The van der Waals surface area contributed by atoms with Crippen LogP contribution in [-0.2, 0) is 13.7 Å². The van der Waals surface area contributed by atoms with Crippen molar-refractivity contribution < 1.29 is 13.7 Å². The molecule has 34 heavy (non-hydrogen) atoms. The Morgan fingerprint density at radius 1 is 0.794 bits per heavy atom.